The highest BCUT2D eigenvalue weighted by atomic mass is 16.2. The van der Waals surface area contributed by atoms with Crippen molar-refractivity contribution in [2.75, 3.05) is 22.5 Å². The third-order valence-electron chi connectivity index (χ3n) is 5.67. The number of carbonyl (C=O) groups excluding carboxylic acids is 1. The van der Waals surface area contributed by atoms with Crippen LogP contribution in [-0.4, -0.2) is 43.5 Å². The number of carbonyl (C=O) groups is 1. The number of nitrogens with two attached hydrogens (primary N) is 1. The number of hydrogen-bond donors (Lipinski definition) is 2. The summed E-state index contributed by atoms with van der Waals surface area (Å²) < 4.78 is 1.73. The molecular weight excluding hydrogens is 392 g/mol. The van der Waals surface area contributed by atoms with Gasteiger partial charge >= 0.3 is 0 Å². The zero-order valence-corrected chi connectivity index (χ0v) is 17.3. The van der Waals surface area contributed by atoms with Crippen molar-refractivity contribution in [3.8, 4) is 11.1 Å². The highest BCUT2D eigenvalue weighted by molar-refractivity contribution is 6.00. The first-order chi connectivity index (χ1) is 15.0. The predicted octanol–water partition coefficient (Wildman–Crippen LogP) is 2.53. The van der Waals surface area contributed by atoms with Crippen molar-refractivity contribution in [1.29, 1.82) is 0 Å². The Balaban J connectivity index is 1.41. The first-order valence-electron chi connectivity index (χ1n) is 10.0. The Hall–Kier alpha value is -4.01. The molecule has 0 radical (unpaired) electrons. The number of amides is 1. The van der Waals surface area contributed by atoms with E-state index in [4.69, 9.17) is 5.73 Å². The molecule has 1 aliphatic rings. The van der Waals surface area contributed by atoms with Crippen LogP contribution in [0.3, 0.4) is 0 Å². The second-order valence-electron chi connectivity index (χ2n) is 7.78. The summed E-state index contributed by atoms with van der Waals surface area (Å²) in [7, 11) is 1.86. The number of hydrogen-bond acceptors (Lipinski definition) is 7. The molecule has 1 unspecified atom stereocenters. The van der Waals surface area contributed by atoms with Gasteiger partial charge in [0.1, 0.15) is 11.6 Å². The molecule has 1 aliphatic heterocycles. The number of nitrogen functional groups attached to an aromatic ring is 1. The van der Waals surface area contributed by atoms with Crippen molar-refractivity contribution in [2.45, 2.75) is 19.4 Å². The molecule has 9 nitrogen and oxygen atoms in total. The lowest BCUT2D eigenvalue weighted by molar-refractivity contribution is -0.118. The topological polar surface area (TPSA) is 115 Å². The van der Waals surface area contributed by atoms with Crippen LogP contribution in [0.2, 0.25) is 0 Å². The third kappa shape index (κ3) is 3.43. The lowest BCUT2D eigenvalue weighted by Gasteiger charge is -2.40. The quantitative estimate of drug-likeness (QED) is 0.493. The van der Waals surface area contributed by atoms with Crippen LogP contribution in [0.4, 0.5) is 17.2 Å². The molecule has 9 heteroatoms. The van der Waals surface area contributed by atoms with E-state index in [9.17, 15) is 4.79 Å². The van der Waals surface area contributed by atoms with E-state index in [1.807, 2.05) is 49.5 Å². The van der Waals surface area contributed by atoms with Gasteiger partial charge in [0, 0.05) is 43.1 Å². The van der Waals surface area contributed by atoms with Crippen molar-refractivity contribution < 1.29 is 4.79 Å². The average molecular weight is 414 g/mol. The summed E-state index contributed by atoms with van der Waals surface area (Å²) in [5, 5.41) is 16.3. The largest absolute Gasteiger partial charge is 0.397 e. The zero-order valence-electron chi connectivity index (χ0n) is 17.3. The molecule has 0 saturated carbocycles. The van der Waals surface area contributed by atoms with Crippen LogP contribution in [0.5, 0.6) is 0 Å². The number of rotatable bonds is 4. The first-order valence-corrected chi connectivity index (χ1v) is 10.0. The van der Waals surface area contributed by atoms with E-state index in [-0.39, 0.29) is 11.9 Å². The molecular formula is C22H22N8O. The van der Waals surface area contributed by atoms with Gasteiger partial charge in [0.2, 0.25) is 5.91 Å². The van der Waals surface area contributed by atoms with Gasteiger partial charge in [0.15, 0.2) is 5.82 Å². The monoisotopic (exact) mass is 414 g/mol. The molecule has 31 heavy (non-hydrogen) atoms. The van der Waals surface area contributed by atoms with Crippen LogP contribution in [-0.2, 0) is 11.8 Å². The molecule has 1 fully saturated rings. The SMILES string of the molecule is Cc1ccncc1-c1cc(N)c2nnc(NC(=O)C3CCN3c3cnn(C)c3)cc2c1. The second kappa shape index (κ2) is 7.35. The molecule has 1 saturated heterocycles. The Bertz CT molecular complexity index is 1300. The lowest BCUT2D eigenvalue weighted by atomic mass is 10.00. The number of nitrogens with zero attached hydrogens (tertiary/aromatic N) is 6. The van der Waals surface area contributed by atoms with Crippen molar-refractivity contribution >= 4 is 34.0 Å². The van der Waals surface area contributed by atoms with E-state index >= 15 is 0 Å². The number of benzene rings is 1. The van der Waals surface area contributed by atoms with E-state index in [2.05, 4.69) is 25.6 Å². The zero-order chi connectivity index (χ0) is 21.5. The highest BCUT2D eigenvalue weighted by Crippen LogP contribution is 2.31. The summed E-state index contributed by atoms with van der Waals surface area (Å²) in [6.07, 6.45) is 8.02. The number of fused-ring (bicyclic) bond motifs is 1. The third-order valence-corrected chi connectivity index (χ3v) is 5.67. The van der Waals surface area contributed by atoms with E-state index in [1.54, 1.807) is 23.1 Å². The van der Waals surface area contributed by atoms with E-state index in [0.717, 1.165) is 40.7 Å². The number of pyridine rings is 1. The molecule has 1 aromatic carbocycles. The Morgan fingerprint density at radius 3 is 2.81 bits per heavy atom. The van der Waals surface area contributed by atoms with Gasteiger partial charge in [-0.1, -0.05) is 0 Å². The molecule has 0 aliphatic carbocycles. The minimum absolute atomic E-state index is 0.115. The number of anilines is 3. The molecule has 0 spiro atoms. The molecule has 0 bridgehead atoms. The highest BCUT2D eigenvalue weighted by Gasteiger charge is 2.35. The van der Waals surface area contributed by atoms with Gasteiger partial charge in [-0.05, 0) is 48.7 Å². The van der Waals surface area contributed by atoms with Crippen molar-refractivity contribution in [2.24, 2.45) is 7.05 Å². The summed E-state index contributed by atoms with van der Waals surface area (Å²) in [4.78, 5) is 19.1. The predicted molar refractivity (Wildman–Crippen MR) is 120 cm³/mol. The standard InChI is InChI=1S/C22H22N8O/c1-13-3-5-24-11-17(13)14-7-15-9-20(27-28-21(15)18(23)8-14)26-22(31)19-4-6-30(19)16-10-25-29(2)12-16/h3,5,7-12,19H,4,6,23H2,1-2H3,(H,26,27,31). The molecule has 1 atom stereocenters. The fourth-order valence-electron chi connectivity index (χ4n) is 3.90. The van der Waals surface area contributed by atoms with Gasteiger partial charge < -0.3 is 16.0 Å². The van der Waals surface area contributed by atoms with E-state index in [1.165, 1.54) is 0 Å². The van der Waals surface area contributed by atoms with Crippen LogP contribution in [0.1, 0.15) is 12.0 Å². The Kier molecular flexibility index (Phi) is 4.50. The van der Waals surface area contributed by atoms with Gasteiger partial charge in [-0.25, -0.2) is 0 Å². The Labute approximate surface area is 178 Å². The van der Waals surface area contributed by atoms with Gasteiger partial charge in [-0.3, -0.25) is 14.5 Å². The number of aryl methyl sites for hydroxylation is 2. The van der Waals surface area contributed by atoms with Crippen molar-refractivity contribution in [3.63, 3.8) is 0 Å². The first kappa shape index (κ1) is 19.0. The van der Waals surface area contributed by atoms with Crippen molar-refractivity contribution in [1.82, 2.24) is 25.0 Å². The van der Waals surface area contributed by atoms with Crippen LogP contribution >= 0.6 is 0 Å². The summed E-state index contributed by atoms with van der Waals surface area (Å²) in [5.41, 5.74) is 11.3. The smallest absolute Gasteiger partial charge is 0.248 e. The molecule has 3 aromatic heterocycles. The molecule has 5 rings (SSSR count). The minimum Gasteiger partial charge on any atom is -0.397 e. The summed E-state index contributed by atoms with van der Waals surface area (Å²) >= 11 is 0. The average Bonchev–Trinajstić information content (AvgIpc) is 3.12. The molecule has 4 heterocycles. The minimum atomic E-state index is -0.254. The van der Waals surface area contributed by atoms with Gasteiger partial charge in [0.25, 0.3) is 0 Å². The van der Waals surface area contributed by atoms with Crippen LogP contribution in [0, 0.1) is 6.92 Å². The van der Waals surface area contributed by atoms with Gasteiger partial charge in [-0.15, -0.1) is 10.2 Å². The normalized spacial score (nSPS) is 15.7. The number of aromatic nitrogens is 5. The summed E-state index contributed by atoms with van der Waals surface area (Å²) in [6, 6.07) is 7.37. The fourth-order valence-corrected chi connectivity index (χ4v) is 3.90. The molecule has 3 N–H and O–H groups in total. The van der Waals surface area contributed by atoms with Crippen molar-refractivity contribution in [3.05, 3.63) is 54.6 Å². The molecule has 4 aromatic rings. The maximum atomic E-state index is 12.8. The lowest BCUT2D eigenvalue weighted by Crippen LogP contribution is -2.54. The second-order valence-corrected chi connectivity index (χ2v) is 7.78. The molecule has 156 valence electrons. The summed E-state index contributed by atoms with van der Waals surface area (Å²) in [6.45, 7) is 2.85. The Morgan fingerprint density at radius 2 is 2.10 bits per heavy atom. The van der Waals surface area contributed by atoms with Gasteiger partial charge in [0.05, 0.1) is 17.6 Å². The molecule has 1 amide bonds. The van der Waals surface area contributed by atoms with Gasteiger partial charge in [-0.2, -0.15) is 5.10 Å². The Morgan fingerprint density at radius 1 is 1.23 bits per heavy atom. The van der Waals surface area contributed by atoms with E-state index < -0.39 is 0 Å². The van der Waals surface area contributed by atoms with E-state index in [0.29, 0.717) is 17.0 Å². The maximum Gasteiger partial charge on any atom is 0.248 e. The van der Waals surface area contributed by atoms with Crippen LogP contribution in [0.25, 0.3) is 22.0 Å². The fraction of sp³-hybridized carbons (Fsp3) is 0.227. The summed E-state index contributed by atoms with van der Waals surface area (Å²) in [5.74, 6) is 0.283. The number of nitrogens with one attached hydrogen (secondary N) is 1. The van der Waals surface area contributed by atoms with Crippen LogP contribution in [0.15, 0.2) is 49.1 Å². The maximum absolute atomic E-state index is 12.8. The van der Waals surface area contributed by atoms with Crippen LogP contribution < -0.4 is 16.0 Å².